The highest BCUT2D eigenvalue weighted by Gasteiger charge is 2.54. The molecule has 0 radical (unpaired) electrons. The minimum absolute atomic E-state index is 0.581. The van der Waals surface area contributed by atoms with Crippen molar-refractivity contribution in [3.8, 4) is 50.7 Å². The summed E-state index contributed by atoms with van der Waals surface area (Å²) in [5, 5.41) is 4.92. The molecule has 8 aromatic carbocycles. The van der Waals surface area contributed by atoms with Crippen LogP contribution in [0.15, 0.2) is 176 Å². The minimum Gasteiger partial charge on any atom is -0.278 e. The SMILES string of the molecule is Cc1ccc2c(c1)C1(c3cc(C)ccc3-2)c2ccccc2-c2c1c1c(c3ccccc23)c2ccccc2n1-c1nc(-c2ccccc2)cc(-c2ccccc2)n1. The van der Waals surface area contributed by atoms with Gasteiger partial charge in [0, 0.05) is 27.5 Å². The summed E-state index contributed by atoms with van der Waals surface area (Å²) < 4.78 is 2.39. The van der Waals surface area contributed by atoms with E-state index >= 15 is 0 Å². The normalized spacial score (nSPS) is 13.3. The third kappa shape index (κ3) is 4.07. The van der Waals surface area contributed by atoms with Gasteiger partial charge in [-0.2, -0.15) is 0 Å². The van der Waals surface area contributed by atoms with Gasteiger partial charge in [-0.3, -0.25) is 4.57 Å². The van der Waals surface area contributed by atoms with E-state index in [0.717, 1.165) is 33.5 Å². The molecule has 0 N–H and O–H groups in total. The number of hydrogen-bond donors (Lipinski definition) is 0. The molecule has 0 fully saturated rings. The molecule has 1 spiro atoms. The molecule has 0 saturated carbocycles. The standard InChI is InChI=1S/C53H35N3/c1-32-25-27-36-37-28-26-33(2)30-44(37)53(43(36)29-32)42-23-13-11-21-40(42)48-38-19-9-10-20-39(38)49-41-22-12-14-24-47(41)56(51(49)50(48)53)52-54-45(34-15-5-3-6-16-34)31-46(55-52)35-17-7-4-8-18-35/h3-31H,1-2H3. The fraction of sp³-hybridized carbons (Fsp3) is 0.0566. The van der Waals surface area contributed by atoms with Crippen LogP contribution in [0, 0.1) is 13.8 Å². The third-order valence-electron chi connectivity index (χ3n) is 12.3. The summed E-state index contributed by atoms with van der Waals surface area (Å²) in [5.41, 5.74) is 18.5. The molecule has 2 aromatic heterocycles. The molecular formula is C53H35N3. The zero-order valence-corrected chi connectivity index (χ0v) is 31.1. The van der Waals surface area contributed by atoms with Crippen LogP contribution >= 0.6 is 0 Å². The number of rotatable bonds is 3. The van der Waals surface area contributed by atoms with Gasteiger partial charge in [-0.1, -0.05) is 175 Å². The van der Waals surface area contributed by atoms with Crippen molar-refractivity contribution in [2.75, 3.05) is 0 Å². The maximum atomic E-state index is 5.51. The Morgan fingerprint density at radius 1 is 0.446 bits per heavy atom. The van der Waals surface area contributed by atoms with Gasteiger partial charge < -0.3 is 0 Å². The van der Waals surface area contributed by atoms with Crippen LogP contribution in [0.25, 0.3) is 83.3 Å². The molecule has 2 aliphatic rings. The summed E-state index contributed by atoms with van der Waals surface area (Å²) in [7, 11) is 0. The van der Waals surface area contributed by atoms with Gasteiger partial charge in [0.05, 0.1) is 27.8 Å². The lowest BCUT2D eigenvalue weighted by molar-refractivity contribution is 0.793. The molecule has 0 bridgehead atoms. The van der Waals surface area contributed by atoms with Crippen molar-refractivity contribution >= 4 is 32.6 Å². The van der Waals surface area contributed by atoms with E-state index < -0.39 is 5.41 Å². The summed E-state index contributed by atoms with van der Waals surface area (Å²) in [6.07, 6.45) is 0. The van der Waals surface area contributed by atoms with E-state index in [1.165, 1.54) is 77.2 Å². The van der Waals surface area contributed by atoms with Crippen molar-refractivity contribution in [3.05, 3.63) is 209 Å². The van der Waals surface area contributed by atoms with Crippen LogP contribution in [0.2, 0.25) is 0 Å². The van der Waals surface area contributed by atoms with Crippen molar-refractivity contribution < 1.29 is 0 Å². The molecule has 0 unspecified atom stereocenters. The van der Waals surface area contributed by atoms with Gasteiger partial charge >= 0.3 is 0 Å². The Kier molecular flexibility index (Phi) is 6.40. The molecule has 3 heteroatoms. The molecule has 2 aliphatic carbocycles. The second-order valence-electron chi connectivity index (χ2n) is 15.4. The van der Waals surface area contributed by atoms with E-state index in [1.54, 1.807) is 0 Å². The molecule has 262 valence electrons. The Balaban J connectivity index is 1.34. The van der Waals surface area contributed by atoms with E-state index in [9.17, 15) is 0 Å². The van der Waals surface area contributed by atoms with Crippen LogP contribution in [0.5, 0.6) is 0 Å². The molecule has 0 atom stereocenters. The molecule has 3 nitrogen and oxygen atoms in total. The first-order valence-corrected chi connectivity index (χ1v) is 19.4. The third-order valence-corrected chi connectivity index (χ3v) is 12.3. The van der Waals surface area contributed by atoms with E-state index in [0.29, 0.717) is 5.95 Å². The molecular weight excluding hydrogens is 679 g/mol. The van der Waals surface area contributed by atoms with Gasteiger partial charge in [-0.05, 0) is 75.7 Å². The van der Waals surface area contributed by atoms with Crippen LogP contribution in [0.4, 0.5) is 0 Å². The first-order chi connectivity index (χ1) is 27.6. The molecule has 0 saturated heterocycles. The maximum Gasteiger partial charge on any atom is 0.235 e. The van der Waals surface area contributed by atoms with Gasteiger partial charge in [0.25, 0.3) is 0 Å². The van der Waals surface area contributed by atoms with Crippen molar-refractivity contribution in [2.24, 2.45) is 0 Å². The molecule has 0 amide bonds. The van der Waals surface area contributed by atoms with Crippen LogP contribution in [-0.2, 0) is 5.41 Å². The smallest absolute Gasteiger partial charge is 0.235 e. The van der Waals surface area contributed by atoms with Gasteiger partial charge in [0.1, 0.15) is 0 Å². The van der Waals surface area contributed by atoms with E-state index in [4.69, 9.17) is 9.97 Å². The number of aromatic nitrogens is 3. The Morgan fingerprint density at radius 2 is 0.982 bits per heavy atom. The van der Waals surface area contributed by atoms with Crippen molar-refractivity contribution in [2.45, 2.75) is 19.3 Å². The number of nitrogens with zero attached hydrogens (tertiary/aromatic N) is 3. The number of para-hydroxylation sites is 1. The Labute approximate surface area is 325 Å². The quantitative estimate of drug-likeness (QED) is 0.182. The highest BCUT2D eigenvalue weighted by molar-refractivity contribution is 6.27. The second-order valence-corrected chi connectivity index (χ2v) is 15.4. The van der Waals surface area contributed by atoms with Gasteiger partial charge in [0.2, 0.25) is 5.95 Å². The van der Waals surface area contributed by atoms with Gasteiger partial charge in [-0.25, -0.2) is 9.97 Å². The van der Waals surface area contributed by atoms with E-state index in [1.807, 2.05) is 0 Å². The lowest BCUT2D eigenvalue weighted by Gasteiger charge is -2.32. The zero-order chi connectivity index (χ0) is 37.1. The van der Waals surface area contributed by atoms with Crippen LogP contribution in [0.3, 0.4) is 0 Å². The Morgan fingerprint density at radius 3 is 1.62 bits per heavy atom. The fourth-order valence-electron chi connectivity index (χ4n) is 10.1. The summed E-state index contributed by atoms with van der Waals surface area (Å²) in [5.74, 6) is 0.659. The lowest BCUT2D eigenvalue weighted by Crippen LogP contribution is -2.27. The van der Waals surface area contributed by atoms with E-state index in [-0.39, 0.29) is 0 Å². The first-order valence-electron chi connectivity index (χ1n) is 19.4. The second kappa shape index (κ2) is 11.5. The van der Waals surface area contributed by atoms with Gasteiger partial charge in [0.15, 0.2) is 0 Å². The minimum atomic E-state index is -0.581. The van der Waals surface area contributed by atoms with Crippen LogP contribution < -0.4 is 0 Å². The largest absolute Gasteiger partial charge is 0.278 e. The summed E-state index contributed by atoms with van der Waals surface area (Å²) in [4.78, 5) is 11.0. The predicted octanol–water partition coefficient (Wildman–Crippen LogP) is 13.0. The lowest BCUT2D eigenvalue weighted by atomic mass is 9.69. The number of hydrogen-bond acceptors (Lipinski definition) is 2. The molecule has 0 aliphatic heterocycles. The van der Waals surface area contributed by atoms with Crippen molar-refractivity contribution in [1.29, 1.82) is 0 Å². The number of fused-ring (bicyclic) bond motifs is 17. The van der Waals surface area contributed by atoms with Crippen molar-refractivity contribution in [1.82, 2.24) is 14.5 Å². The monoisotopic (exact) mass is 713 g/mol. The molecule has 10 aromatic rings. The maximum absolute atomic E-state index is 5.51. The van der Waals surface area contributed by atoms with E-state index in [2.05, 4.69) is 194 Å². The summed E-state index contributed by atoms with van der Waals surface area (Å²) >= 11 is 0. The summed E-state index contributed by atoms with van der Waals surface area (Å²) in [6.45, 7) is 4.45. The molecule has 56 heavy (non-hydrogen) atoms. The molecule has 2 heterocycles. The highest BCUT2D eigenvalue weighted by atomic mass is 15.2. The molecule has 12 rings (SSSR count). The van der Waals surface area contributed by atoms with Crippen molar-refractivity contribution in [3.63, 3.8) is 0 Å². The average molecular weight is 714 g/mol. The number of aryl methyl sites for hydroxylation is 2. The fourth-order valence-corrected chi connectivity index (χ4v) is 10.1. The average Bonchev–Trinajstić information content (AvgIpc) is 3.86. The van der Waals surface area contributed by atoms with Crippen LogP contribution in [-0.4, -0.2) is 14.5 Å². The number of benzene rings is 8. The Bertz CT molecular complexity index is 3150. The predicted molar refractivity (Wildman–Crippen MR) is 231 cm³/mol. The first kappa shape index (κ1) is 31.3. The zero-order valence-electron chi connectivity index (χ0n) is 31.1. The summed E-state index contributed by atoms with van der Waals surface area (Å²) in [6, 6.07) is 64.3. The van der Waals surface area contributed by atoms with Crippen LogP contribution in [0.1, 0.15) is 33.4 Å². The highest BCUT2D eigenvalue weighted by Crippen LogP contribution is 2.66. The topological polar surface area (TPSA) is 30.7 Å². The van der Waals surface area contributed by atoms with Gasteiger partial charge in [-0.15, -0.1) is 0 Å². The Hall–Kier alpha value is -7.10.